The molecule has 8 heteroatoms. The number of ether oxygens (including phenoxy) is 2. The predicted molar refractivity (Wildman–Crippen MR) is 90.1 cm³/mol. The maximum atomic E-state index is 11.8. The summed E-state index contributed by atoms with van der Waals surface area (Å²) in [5, 5.41) is 11.2. The quantitative estimate of drug-likeness (QED) is 0.888. The van der Waals surface area contributed by atoms with Gasteiger partial charge < -0.3 is 19.7 Å². The number of pyridine rings is 1. The van der Waals surface area contributed by atoms with E-state index in [4.69, 9.17) is 9.47 Å². The van der Waals surface area contributed by atoms with Gasteiger partial charge in [-0.3, -0.25) is 10.1 Å². The van der Waals surface area contributed by atoms with Crippen LogP contribution in [0.2, 0.25) is 0 Å². The first-order valence-electron chi connectivity index (χ1n) is 8.04. The number of carbonyl (C=O) groups excluding carboxylic acids is 1. The summed E-state index contributed by atoms with van der Waals surface area (Å²) in [6.45, 7) is 7.90. The highest BCUT2D eigenvalue weighted by molar-refractivity contribution is 5.89. The number of aromatic amines is 1. The molecule has 3 heterocycles. The van der Waals surface area contributed by atoms with Crippen LogP contribution < -0.4 is 10.2 Å². The van der Waals surface area contributed by atoms with Crippen LogP contribution in [-0.2, 0) is 9.47 Å². The second kappa shape index (κ2) is 6.64. The third kappa shape index (κ3) is 3.94. The Hall–Kier alpha value is -2.35. The fraction of sp³-hybridized carbons (Fsp3) is 0.562. The van der Waals surface area contributed by atoms with E-state index < -0.39 is 11.7 Å². The first kappa shape index (κ1) is 16.5. The topological polar surface area (TPSA) is 92.4 Å². The van der Waals surface area contributed by atoms with E-state index in [2.05, 4.69) is 25.4 Å². The van der Waals surface area contributed by atoms with Crippen molar-refractivity contribution < 1.29 is 14.3 Å². The van der Waals surface area contributed by atoms with Gasteiger partial charge in [0.2, 0.25) is 0 Å². The molecule has 24 heavy (non-hydrogen) atoms. The van der Waals surface area contributed by atoms with E-state index in [1.54, 1.807) is 12.4 Å². The molecule has 8 nitrogen and oxygen atoms in total. The SMILES string of the molecule is CC(C)(C)OC(=O)NCC1CN(c2n[nH]c3cnccc23)CCO1. The van der Waals surface area contributed by atoms with Gasteiger partial charge in [-0.25, -0.2) is 4.79 Å². The fourth-order valence-electron chi connectivity index (χ4n) is 2.64. The summed E-state index contributed by atoms with van der Waals surface area (Å²) in [5.74, 6) is 0.887. The summed E-state index contributed by atoms with van der Waals surface area (Å²) in [4.78, 5) is 18.0. The molecule has 1 aliphatic rings. The smallest absolute Gasteiger partial charge is 0.407 e. The summed E-state index contributed by atoms with van der Waals surface area (Å²) in [5.41, 5.74) is 0.397. The molecule has 0 saturated carbocycles. The van der Waals surface area contributed by atoms with Crippen molar-refractivity contribution in [3.05, 3.63) is 18.5 Å². The zero-order valence-electron chi connectivity index (χ0n) is 14.2. The van der Waals surface area contributed by atoms with Crippen LogP contribution in [0.5, 0.6) is 0 Å². The summed E-state index contributed by atoms with van der Waals surface area (Å²) in [7, 11) is 0. The Kier molecular flexibility index (Phi) is 4.57. The van der Waals surface area contributed by atoms with Gasteiger partial charge in [-0.1, -0.05) is 0 Å². The molecule has 0 spiro atoms. The van der Waals surface area contributed by atoms with E-state index >= 15 is 0 Å². The highest BCUT2D eigenvalue weighted by atomic mass is 16.6. The molecule has 1 aliphatic heterocycles. The molecule has 0 aliphatic carbocycles. The third-order valence-electron chi connectivity index (χ3n) is 3.66. The zero-order valence-corrected chi connectivity index (χ0v) is 14.2. The van der Waals surface area contributed by atoms with Crippen molar-refractivity contribution in [2.45, 2.75) is 32.5 Å². The van der Waals surface area contributed by atoms with Crippen molar-refractivity contribution in [2.24, 2.45) is 0 Å². The standard InChI is InChI=1S/C16H23N5O3/c1-16(2,3)24-15(22)18-8-11-10-21(6-7-23-11)14-12-4-5-17-9-13(12)19-20-14/h4-5,9,11H,6-8,10H2,1-3H3,(H,18,22)(H,19,20). The van der Waals surface area contributed by atoms with Gasteiger partial charge in [0.1, 0.15) is 5.60 Å². The van der Waals surface area contributed by atoms with Crippen molar-refractivity contribution in [2.75, 3.05) is 31.1 Å². The van der Waals surface area contributed by atoms with Crippen molar-refractivity contribution in [3.8, 4) is 0 Å². The summed E-state index contributed by atoms with van der Waals surface area (Å²) < 4.78 is 11.0. The van der Waals surface area contributed by atoms with Crippen molar-refractivity contribution in [3.63, 3.8) is 0 Å². The molecule has 1 fully saturated rings. The summed E-state index contributed by atoms with van der Waals surface area (Å²) >= 11 is 0. The Morgan fingerprint density at radius 1 is 1.54 bits per heavy atom. The van der Waals surface area contributed by atoms with Gasteiger partial charge in [-0.2, -0.15) is 5.10 Å². The molecule has 2 N–H and O–H groups in total. The number of rotatable bonds is 3. The number of morpholine rings is 1. The number of carbonyl (C=O) groups is 1. The molecule has 130 valence electrons. The molecular formula is C16H23N5O3. The maximum absolute atomic E-state index is 11.8. The molecule has 0 bridgehead atoms. The highest BCUT2D eigenvalue weighted by Gasteiger charge is 2.25. The second-order valence-corrected chi connectivity index (χ2v) is 6.79. The second-order valence-electron chi connectivity index (χ2n) is 6.79. The molecule has 3 rings (SSSR count). The van der Waals surface area contributed by atoms with E-state index in [1.807, 2.05) is 26.8 Å². The van der Waals surface area contributed by atoms with Gasteiger partial charge >= 0.3 is 6.09 Å². The lowest BCUT2D eigenvalue weighted by atomic mass is 10.2. The number of hydrogen-bond donors (Lipinski definition) is 2. The number of hydrogen-bond acceptors (Lipinski definition) is 6. The minimum Gasteiger partial charge on any atom is -0.444 e. The first-order chi connectivity index (χ1) is 11.4. The van der Waals surface area contributed by atoms with Crippen LogP contribution in [0.4, 0.5) is 10.6 Å². The fourth-order valence-corrected chi connectivity index (χ4v) is 2.64. The number of fused-ring (bicyclic) bond motifs is 1. The Labute approximate surface area is 140 Å². The Bertz CT molecular complexity index is 709. The Morgan fingerprint density at radius 3 is 3.17 bits per heavy atom. The predicted octanol–water partition coefficient (Wildman–Crippen LogP) is 1.69. The minimum absolute atomic E-state index is 0.111. The van der Waals surface area contributed by atoms with Crippen molar-refractivity contribution in [1.29, 1.82) is 0 Å². The lowest BCUT2D eigenvalue weighted by Crippen LogP contribution is -2.48. The number of alkyl carbamates (subject to hydrolysis) is 1. The van der Waals surface area contributed by atoms with Crippen molar-refractivity contribution in [1.82, 2.24) is 20.5 Å². The zero-order chi connectivity index (χ0) is 17.2. The van der Waals surface area contributed by atoms with Crippen LogP contribution >= 0.6 is 0 Å². The van der Waals surface area contributed by atoms with Gasteiger partial charge in [-0.05, 0) is 26.8 Å². The van der Waals surface area contributed by atoms with Gasteiger partial charge in [0.25, 0.3) is 0 Å². The number of nitrogens with one attached hydrogen (secondary N) is 2. The largest absolute Gasteiger partial charge is 0.444 e. The van der Waals surface area contributed by atoms with Gasteiger partial charge in [0.05, 0.1) is 24.4 Å². The van der Waals surface area contributed by atoms with E-state index in [1.165, 1.54) is 0 Å². The number of nitrogens with zero attached hydrogens (tertiary/aromatic N) is 3. The Morgan fingerprint density at radius 2 is 2.38 bits per heavy atom. The first-order valence-corrected chi connectivity index (χ1v) is 8.04. The van der Waals surface area contributed by atoms with Gasteiger partial charge in [-0.15, -0.1) is 0 Å². The van der Waals surface area contributed by atoms with E-state index in [0.717, 1.165) is 23.3 Å². The van der Waals surface area contributed by atoms with Crippen LogP contribution in [0.1, 0.15) is 20.8 Å². The normalized spacial score (nSPS) is 18.6. The minimum atomic E-state index is -0.508. The van der Waals surface area contributed by atoms with Gasteiger partial charge in [0.15, 0.2) is 5.82 Å². The average Bonchev–Trinajstić information content (AvgIpc) is 2.96. The van der Waals surface area contributed by atoms with E-state index in [0.29, 0.717) is 19.7 Å². The van der Waals surface area contributed by atoms with Crippen LogP contribution in [0.3, 0.4) is 0 Å². The molecule has 2 aromatic rings. The van der Waals surface area contributed by atoms with E-state index in [9.17, 15) is 4.79 Å². The van der Waals surface area contributed by atoms with Crippen molar-refractivity contribution >= 4 is 22.8 Å². The maximum Gasteiger partial charge on any atom is 0.407 e. The molecule has 0 aromatic carbocycles. The molecule has 1 unspecified atom stereocenters. The van der Waals surface area contributed by atoms with Crippen LogP contribution in [0.15, 0.2) is 18.5 Å². The molecule has 1 saturated heterocycles. The summed E-state index contributed by atoms with van der Waals surface area (Å²) in [6, 6.07) is 1.94. The number of amides is 1. The molecule has 1 atom stereocenters. The van der Waals surface area contributed by atoms with Crippen LogP contribution in [-0.4, -0.2) is 59.2 Å². The van der Waals surface area contributed by atoms with Crippen LogP contribution in [0, 0.1) is 0 Å². The van der Waals surface area contributed by atoms with Crippen LogP contribution in [0.25, 0.3) is 10.9 Å². The number of H-pyrrole nitrogens is 1. The highest BCUT2D eigenvalue weighted by Crippen LogP contribution is 2.24. The molecule has 2 aromatic heterocycles. The number of aromatic nitrogens is 3. The lowest BCUT2D eigenvalue weighted by Gasteiger charge is -2.33. The molecule has 0 radical (unpaired) electrons. The van der Waals surface area contributed by atoms with Gasteiger partial charge in [0, 0.05) is 31.2 Å². The monoisotopic (exact) mass is 333 g/mol. The number of anilines is 1. The van der Waals surface area contributed by atoms with E-state index in [-0.39, 0.29) is 6.10 Å². The lowest BCUT2D eigenvalue weighted by molar-refractivity contribution is 0.0282. The molecular weight excluding hydrogens is 310 g/mol. The third-order valence-corrected chi connectivity index (χ3v) is 3.66. The average molecular weight is 333 g/mol. The molecule has 1 amide bonds. The Balaban J connectivity index is 1.59. The summed E-state index contributed by atoms with van der Waals surface area (Å²) in [6.07, 6.45) is 2.97.